The second-order valence-corrected chi connectivity index (χ2v) is 7.28. The van der Waals surface area contributed by atoms with Crippen molar-refractivity contribution in [1.82, 2.24) is 9.29 Å². The molecule has 1 aromatic heterocycles. The van der Waals surface area contributed by atoms with Gasteiger partial charge in [-0.05, 0) is 41.8 Å². The van der Waals surface area contributed by atoms with Crippen molar-refractivity contribution in [2.45, 2.75) is 30.8 Å². The second-order valence-electron chi connectivity index (χ2n) is 4.42. The van der Waals surface area contributed by atoms with Crippen LogP contribution in [0.15, 0.2) is 27.8 Å². The molecule has 1 aliphatic heterocycles. The van der Waals surface area contributed by atoms with Crippen LogP contribution in [0.5, 0.6) is 0 Å². The van der Waals surface area contributed by atoms with Crippen LogP contribution in [0.4, 0.5) is 0 Å². The zero-order chi connectivity index (χ0) is 13.9. The molecule has 0 spiro atoms. The molecule has 2 heterocycles. The highest BCUT2D eigenvalue weighted by Gasteiger charge is 2.30. The molecule has 1 unspecified atom stereocenters. The first kappa shape index (κ1) is 14.9. The number of rotatable bonds is 4. The number of piperidine rings is 1. The van der Waals surface area contributed by atoms with Gasteiger partial charge in [-0.1, -0.05) is 0 Å². The summed E-state index contributed by atoms with van der Waals surface area (Å²) >= 11 is 3.25. The summed E-state index contributed by atoms with van der Waals surface area (Å²) in [5.74, 6) is 0. The van der Waals surface area contributed by atoms with Crippen LogP contribution in [0.25, 0.3) is 0 Å². The molecule has 19 heavy (non-hydrogen) atoms. The van der Waals surface area contributed by atoms with E-state index in [9.17, 15) is 8.42 Å². The van der Waals surface area contributed by atoms with Gasteiger partial charge in [0.25, 0.3) is 0 Å². The third-order valence-corrected chi connectivity index (χ3v) is 5.32. The summed E-state index contributed by atoms with van der Waals surface area (Å²) in [4.78, 5) is 4.14. The van der Waals surface area contributed by atoms with Crippen LogP contribution in [0.1, 0.15) is 19.8 Å². The van der Waals surface area contributed by atoms with Crippen molar-refractivity contribution in [2.75, 3.05) is 19.7 Å². The van der Waals surface area contributed by atoms with Gasteiger partial charge in [0.1, 0.15) is 4.90 Å². The molecule has 0 bridgehead atoms. The lowest BCUT2D eigenvalue weighted by atomic mass is 10.1. The van der Waals surface area contributed by atoms with E-state index in [0.717, 1.165) is 12.8 Å². The van der Waals surface area contributed by atoms with Crippen molar-refractivity contribution in [3.8, 4) is 0 Å². The SMILES string of the molecule is CCOC1CCCN(S(=O)(=O)c2cncc(Br)c2)C1. The molecule has 0 radical (unpaired) electrons. The largest absolute Gasteiger partial charge is 0.377 e. The Bertz CT molecular complexity index is 534. The molecular weight excluding hydrogens is 332 g/mol. The number of sulfonamides is 1. The van der Waals surface area contributed by atoms with E-state index in [2.05, 4.69) is 20.9 Å². The number of hydrogen-bond acceptors (Lipinski definition) is 4. The molecule has 0 aromatic carbocycles. The number of hydrogen-bond donors (Lipinski definition) is 0. The monoisotopic (exact) mass is 348 g/mol. The summed E-state index contributed by atoms with van der Waals surface area (Å²) in [5.41, 5.74) is 0. The summed E-state index contributed by atoms with van der Waals surface area (Å²) in [6.07, 6.45) is 4.68. The fourth-order valence-electron chi connectivity index (χ4n) is 2.18. The Balaban J connectivity index is 2.19. The zero-order valence-electron chi connectivity index (χ0n) is 10.8. The first-order valence-electron chi connectivity index (χ1n) is 6.26. The fourth-order valence-corrected chi connectivity index (χ4v) is 4.19. The summed E-state index contributed by atoms with van der Waals surface area (Å²) in [5, 5.41) is 0. The Labute approximate surface area is 122 Å². The Morgan fingerprint density at radius 3 is 3.00 bits per heavy atom. The topological polar surface area (TPSA) is 59.5 Å². The van der Waals surface area contributed by atoms with Gasteiger partial charge < -0.3 is 4.74 Å². The quantitative estimate of drug-likeness (QED) is 0.835. The number of nitrogens with zero attached hydrogens (tertiary/aromatic N) is 2. The average Bonchev–Trinajstić information content (AvgIpc) is 2.39. The van der Waals surface area contributed by atoms with Crippen molar-refractivity contribution in [1.29, 1.82) is 0 Å². The Hall–Kier alpha value is -0.500. The van der Waals surface area contributed by atoms with E-state index in [0.29, 0.717) is 24.2 Å². The number of halogens is 1. The lowest BCUT2D eigenvalue weighted by molar-refractivity contribution is 0.0265. The van der Waals surface area contributed by atoms with Crippen LogP contribution in [0.3, 0.4) is 0 Å². The summed E-state index contributed by atoms with van der Waals surface area (Å²) in [6.45, 7) is 3.49. The zero-order valence-corrected chi connectivity index (χ0v) is 13.2. The van der Waals surface area contributed by atoms with Crippen LogP contribution in [-0.4, -0.2) is 43.5 Å². The predicted octanol–water partition coefficient (Wildman–Crippen LogP) is 2.03. The number of ether oxygens (including phenoxy) is 1. The smallest absolute Gasteiger partial charge is 0.244 e. The molecule has 2 rings (SSSR count). The molecule has 1 saturated heterocycles. The van der Waals surface area contributed by atoms with Gasteiger partial charge in [-0.25, -0.2) is 8.42 Å². The Morgan fingerprint density at radius 2 is 2.32 bits per heavy atom. The van der Waals surface area contributed by atoms with Gasteiger partial charge in [-0.15, -0.1) is 0 Å². The average molecular weight is 349 g/mol. The highest BCUT2D eigenvalue weighted by Crippen LogP contribution is 2.23. The van der Waals surface area contributed by atoms with Crippen molar-refractivity contribution in [3.63, 3.8) is 0 Å². The maximum absolute atomic E-state index is 12.5. The lowest BCUT2D eigenvalue weighted by Crippen LogP contribution is -2.43. The van der Waals surface area contributed by atoms with Crippen LogP contribution >= 0.6 is 15.9 Å². The number of aromatic nitrogens is 1. The highest BCUT2D eigenvalue weighted by molar-refractivity contribution is 9.10. The van der Waals surface area contributed by atoms with Crippen LogP contribution in [0.2, 0.25) is 0 Å². The second kappa shape index (κ2) is 6.30. The minimum absolute atomic E-state index is 0.00589. The molecule has 0 N–H and O–H groups in total. The molecule has 1 aromatic rings. The van der Waals surface area contributed by atoms with Gasteiger partial charge in [0.2, 0.25) is 10.0 Å². The molecule has 0 aliphatic carbocycles. The first-order chi connectivity index (χ1) is 9.04. The van der Waals surface area contributed by atoms with Crippen molar-refractivity contribution < 1.29 is 13.2 Å². The van der Waals surface area contributed by atoms with Gasteiger partial charge >= 0.3 is 0 Å². The summed E-state index contributed by atoms with van der Waals surface area (Å²) in [6, 6.07) is 1.58. The molecular formula is C12H17BrN2O3S. The van der Waals surface area contributed by atoms with E-state index in [1.807, 2.05) is 6.92 Å². The van der Waals surface area contributed by atoms with Crippen molar-refractivity contribution in [3.05, 3.63) is 22.9 Å². The first-order valence-corrected chi connectivity index (χ1v) is 8.49. The molecule has 1 atom stereocenters. The maximum Gasteiger partial charge on any atom is 0.244 e. The summed E-state index contributed by atoms with van der Waals surface area (Å²) in [7, 11) is -3.47. The van der Waals surface area contributed by atoms with Gasteiger partial charge in [0.05, 0.1) is 6.10 Å². The Morgan fingerprint density at radius 1 is 1.53 bits per heavy atom. The Kier molecular flexibility index (Phi) is 4.94. The standard InChI is InChI=1S/C12H17BrN2O3S/c1-2-18-11-4-3-5-15(9-11)19(16,17)12-6-10(13)7-14-8-12/h6-8,11H,2-5,9H2,1H3. The third kappa shape index (κ3) is 3.53. The van der Waals surface area contributed by atoms with E-state index in [1.165, 1.54) is 10.5 Å². The molecule has 5 nitrogen and oxygen atoms in total. The molecule has 106 valence electrons. The fraction of sp³-hybridized carbons (Fsp3) is 0.583. The molecule has 1 fully saturated rings. The number of pyridine rings is 1. The lowest BCUT2D eigenvalue weighted by Gasteiger charge is -2.31. The molecule has 0 amide bonds. The van der Waals surface area contributed by atoms with E-state index in [-0.39, 0.29) is 11.0 Å². The van der Waals surface area contributed by atoms with Crippen molar-refractivity contribution >= 4 is 26.0 Å². The normalized spacial score (nSPS) is 21.5. The molecule has 1 aliphatic rings. The van der Waals surface area contributed by atoms with Crippen LogP contribution < -0.4 is 0 Å². The van der Waals surface area contributed by atoms with Crippen LogP contribution in [0, 0.1) is 0 Å². The minimum Gasteiger partial charge on any atom is -0.377 e. The maximum atomic E-state index is 12.5. The van der Waals surface area contributed by atoms with Gasteiger partial charge in [-0.2, -0.15) is 4.31 Å². The predicted molar refractivity (Wildman–Crippen MR) is 75.3 cm³/mol. The van der Waals surface area contributed by atoms with Crippen LogP contribution in [-0.2, 0) is 14.8 Å². The van der Waals surface area contributed by atoms with E-state index >= 15 is 0 Å². The third-order valence-electron chi connectivity index (χ3n) is 3.06. The van der Waals surface area contributed by atoms with Crippen molar-refractivity contribution in [2.24, 2.45) is 0 Å². The van der Waals surface area contributed by atoms with Gasteiger partial charge in [0, 0.05) is 36.6 Å². The summed E-state index contributed by atoms with van der Waals surface area (Å²) < 4.78 is 32.7. The molecule has 0 saturated carbocycles. The minimum atomic E-state index is -3.47. The highest BCUT2D eigenvalue weighted by atomic mass is 79.9. The molecule has 7 heteroatoms. The van der Waals surface area contributed by atoms with Gasteiger partial charge in [0.15, 0.2) is 0 Å². The van der Waals surface area contributed by atoms with Gasteiger partial charge in [-0.3, -0.25) is 4.98 Å². The van der Waals surface area contributed by atoms with E-state index in [1.54, 1.807) is 12.3 Å². The van der Waals surface area contributed by atoms with E-state index in [4.69, 9.17) is 4.74 Å². The van der Waals surface area contributed by atoms with E-state index < -0.39 is 10.0 Å².